The van der Waals surface area contributed by atoms with Crippen LogP contribution in [0.15, 0.2) is 36.5 Å². The van der Waals surface area contributed by atoms with Gasteiger partial charge in [-0.1, -0.05) is 134 Å². The summed E-state index contributed by atoms with van der Waals surface area (Å²) in [5.74, 6) is -0.207. The molecule has 0 saturated heterocycles. The van der Waals surface area contributed by atoms with Gasteiger partial charge in [0.2, 0.25) is 5.91 Å². The number of nitrogens with one attached hydrogen (secondary N) is 1. The van der Waals surface area contributed by atoms with Crippen molar-refractivity contribution in [3.8, 4) is 0 Å². The highest BCUT2D eigenvalue weighted by atomic mass is 31.2. The first-order chi connectivity index (χ1) is 22.5. The summed E-state index contributed by atoms with van der Waals surface area (Å²) < 4.78 is 23.4. The van der Waals surface area contributed by atoms with Crippen molar-refractivity contribution in [1.29, 1.82) is 0 Å². The number of nitrogens with zero attached hydrogens (tertiary/aromatic N) is 1. The Morgan fingerprint density at radius 2 is 1.21 bits per heavy atom. The number of likely N-dealkylation sites (N-methyl/N-ethyl adjacent to an activating group) is 1. The zero-order valence-corrected chi connectivity index (χ0v) is 31.9. The molecule has 47 heavy (non-hydrogen) atoms. The minimum absolute atomic E-state index is 0.0513. The van der Waals surface area contributed by atoms with Crippen LogP contribution in [0.2, 0.25) is 0 Å². The first-order valence-electron chi connectivity index (χ1n) is 18.9. The van der Waals surface area contributed by atoms with Gasteiger partial charge in [0, 0.05) is 6.42 Å². The fourth-order valence-electron chi connectivity index (χ4n) is 5.03. The van der Waals surface area contributed by atoms with E-state index in [1.165, 1.54) is 83.5 Å². The van der Waals surface area contributed by atoms with Gasteiger partial charge in [-0.15, -0.1) is 0 Å². The maximum Gasteiger partial charge on any atom is 0.472 e. The summed E-state index contributed by atoms with van der Waals surface area (Å²) in [4.78, 5) is 22.9. The summed E-state index contributed by atoms with van der Waals surface area (Å²) in [6.07, 6.45) is 35.0. The second-order valence-corrected chi connectivity index (χ2v) is 15.4. The number of amides is 1. The van der Waals surface area contributed by atoms with Crippen molar-refractivity contribution in [2.75, 3.05) is 40.9 Å². The average Bonchev–Trinajstić information content (AvgIpc) is 3.01. The molecule has 3 atom stereocenters. The molecule has 1 amide bonds. The number of phosphoric acid groups is 1. The molecule has 9 heteroatoms. The van der Waals surface area contributed by atoms with Crippen molar-refractivity contribution in [2.24, 2.45) is 0 Å². The molecule has 0 aliphatic carbocycles. The molecule has 0 spiro atoms. The smallest absolute Gasteiger partial charge is 0.387 e. The quantitative estimate of drug-likeness (QED) is 0.0209. The number of quaternary nitrogens is 1. The van der Waals surface area contributed by atoms with Crippen molar-refractivity contribution < 1.29 is 32.9 Å². The normalized spacial score (nSPS) is 15.1. The van der Waals surface area contributed by atoms with E-state index in [-0.39, 0.29) is 19.1 Å². The van der Waals surface area contributed by atoms with Crippen molar-refractivity contribution >= 4 is 13.7 Å². The monoisotopic (exact) mass is 686 g/mol. The third-order valence-corrected chi connectivity index (χ3v) is 9.12. The molecule has 3 N–H and O–H groups in total. The molecule has 0 aromatic rings. The van der Waals surface area contributed by atoms with Crippen LogP contribution in [0.3, 0.4) is 0 Å². The number of rotatable bonds is 33. The molecule has 0 rings (SSSR count). The number of carbonyl (C=O) groups excluding carboxylic acids is 1. The number of phosphoric ester groups is 1. The predicted molar refractivity (Wildman–Crippen MR) is 198 cm³/mol. The first kappa shape index (κ1) is 45.7. The number of unbranched alkanes of at least 4 members (excludes halogenated alkanes) is 17. The van der Waals surface area contributed by atoms with Crippen LogP contribution in [0.5, 0.6) is 0 Å². The highest BCUT2D eigenvalue weighted by molar-refractivity contribution is 7.47. The zero-order valence-electron chi connectivity index (χ0n) is 31.0. The summed E-state index contributed by atoms with van der Waals surface area (Å²) >= 11 is 0. The van der Waals surface area contributed by atoms with Crippen LogP contribution in [-0.4, -0.2) is 73.4 Å². The van der Waals surface area contributed by atoms with E-state index in [9.17, 15) is 19.4 Å². The zero-order chi connectivity index (χ0) is 35.1. The number of hydrogen-bond donors (Lipinski definition) is 3. The van der Waals surface area contributed by atoms with E-state index in [0.29, 0.717) is 17.4 Å². The molecule has 0 saturated carbocycles. The van der Waals surface area contributed by atoms with E-state index >= 15 is 0 Å². The molecule has 0 aromatic carbocycles. The van der Waals surface area contributed by atoms with Gasteiger partial charge in [-0.3, -0.25) is 13.8 Å². The molecule has 0 fully saturated rings. The molecular formula is C38H74N2O6P+. The lowest BCUT2D eigenvalue weighted by atomic mass is 10.1. The molecule has 0 heterocycles. The Kier molecular flexibility index (Phi) is 29.9. The second kappa shape index (κ2) is 30.8. The Hall–Kier alpha value is -1.28. The molecule has 0 radical (unpaired) electrons. The summed E-state index contributed by atoms with van der Waals surface area (Å²) in [7, 11) is 1.53. The molecule has 0 bridgehead atoms. The Morgan fingerprint density at radius 1 is 0.723 bits per heavy atom. The van der Waals surface area contributed by atoms with Crippen LogP contribution < -0.4 is 5.32 Å². The summed E-state index contributed by atoms with van der Waals surface area (Å²) in [5, 5.41) is 13.7. The molecule has 0 aliphatic rings. The molecular weight excluding hydrogens is 611 g/mol. The van der Waals surface area contributed by atoms with E-state index < -0.39 is 20.0 Å². The predicted octanol–water partition coefficient (Wildman–Crippen LogP) is 9.57. The SMILES string of the molecule is CCCCCCC/C=C/CCCCCCCC(=O)N[C@@H](COP(=O)(O)OCC[N+](C)(C)C)[C@H](O)/C=C/C=C/CCCCCCCCC. The van der Waals surface area contributed by atoms with Crippen molar-refractivity contribution in [3.05, 3.63) is 36.5 Å². The number of allylic oxidation sites excluding steroid dienone is 5. The fourth-order valence-corrected chi connectivity index (χ4v) is 5.77. The van der Waals surface area contributed by atoms with Crippen LogP contribution in [0.25, 0.3) is 0 Å². The average molecular weight is 686 g/mol. The van der Waals surface area contributed by atoms with Crippen molar-refractivity contribution in [3.63, 3.8) is 0 Å². The summed E-state index contributed by atoms with van der Waals surface area (Å²) in [5.41, 5.74) is 0. The van der Waals surface area contributed by atoms with Crippen LogP contribution in [0, 0.1) is 0 Å². The maximum absolute atomic E-state index is 12.8. The Balaban J connectivity index is 4.61. The van der Waals surface area contributed by atoms with Crippen molar-refractivity contribution in [2.45, 2.75) is 161 Å². The molecule has 276 valence electrons. The van der Waals surface area contributed by atoms with Crippen LogP contribution in [0.4, 0.5) is 0 Å². The van der Waals surface area contributed by atoms with E-state index in [4.69, 9.17) is 9.05 Å². The highest BCUT2D eigenvalue weighted by Crippen LogP contribution is 2.43. The van der Waals surface area contributed by atoms with Gasteiger partial charge in [0.1, 0.15) is 13.2 Å². The van der Waals surface area contributed by atoms with Gasteiger partial charge in [-0.2, -0.15) is 0 Å². The Bertz CT molecular complexity index is 871. The number of aliphatic hydroxyl groups excluding tert-OH is 1. The lowest BCUT2D eigenvalue weighted by molar-refractivity contribution is -0.870. The number of carbonyl (C=O) groups is 1. The second-order valence-electron chi connectivity index (χ2n) is 14.0. The van der Waals surface area contributed by atoms with Crippen molar-refractivity contribution in [1.82, 2.24) is 5.32 Å². The van der Waals surface area contributed by atoms with Gasteiger partial charge in [0.25, 0.3) is 0 Å². The first-order valence-corrected chi connectivity index (χ1v) is 20.4. The van der Waals surface area contributed by atoms with E-state index in [1.807, 2.05) is 27.2 Å². The lowest BCUT2D eigenvalue weighted by Gasteiger charge is -2.25. The summed E-state index contributed by atoms with van der Waals surface area (Å²) in [6.45, 7) is 4.71. The molecule has 1 unspecified atom stereocenters. The standard InChI is InChI=1S/C38H73N2O6P/c1-6-8-10-12-14-16-18-19-20-22-24-26-28-30-32-38(42)39-36(35-46-47(43,44)45-34-33-40(3,4)5)37(41)31-29-27-25-23-21-17-15-13-11-9-7-2/h18-19,25,27,29,31,36-37,41H,6-17,20-24,26,28,30,32-35H2,1-5H3,(H-,39,42,43,44)/p+1/b19-18+,27-25+,31-29+/t36-,37+/m0/s1. The highest BCUT2D eigenvalue weighted by Gasteiger charge is 2.27. The number of aliphatic hydroxyl groups is 1. The van der Waals surface area contributed by atoms with E-state index in [0.717, 1.165) is 44.9 Å². The van der Waals surface area contributed by atoms with Crippen LogP contribution in [-0.2, 0) is 18.4 Å². The minimum Gasteiger partial charge on any atom is -0.387 e. The van der Waals surface area contributed by atoms with Gasteiger partial charge >= 0.3 is 7.82 Å². The van der Waals surface area contributed by atoms with Gasteiger partial charge < -0.3 is 19.8 Å². The molecule has 8 nitrogen and oxygen atoms in total. The largest absolute Gasteiger partial charge is 0.472 e. The summed E-state index contributed by atoms with van der Waals surface area (Å²) in [6, 6.07) is -0.879. The fraction of sp³-hybridized carbons (Fsp3) is 0.816. The van der Waals surface area contributed by atoms with E-state index in [1.54, 1.807) is 12.2 Å². The third kappa shape index (κ3) is 33.0. The minimum atomic E-state index is -4.34. The Labute approximate surface area is 289 Å². The number of hydrogen-bond acceptors (Lipinski definition) is 5. The van der Waals surface area contributed by atoms with Gasteiger partial charge in [0.15, 0.2) is 0 Å². The van der Waals surface area contributed by atoms with E-state index in [2.05, 4.69) is 37.4 Å². The van der Waals surface area contributed by atoms with Crippen LogP contribution in [0.1, 0.15) is 149 Å². The third-order valence-electron chi connectivity index (χ3n) is 8.14. The topological polar surface area (TPSA) is 105 Å². The molecule has 0 aromatic heterocycles. The Morgan fingerprint density at radius 3 is 1.74 bits per heavy atom. The van der Waals surface area contributed by atoms with Gasteiger partial charge in [-0.25, -0.2) is 4.57 Å². The maximum atomic E-state index is 12.8. The molecule has 0 aliphatic heterocycles. The van der Waals surface area contributed by atoms with Gasteiger partial charge in [-0.05, 0) is 44.9 Å². The van der Waals surface area contributed by atoms with Crippen LogP contribution >= 0.6 is 7.82 Å². The lowest BCUT2D eigenvalue weighted by Crippen LogP contribution is -2.45. The van der Waals surface area contributed by atoms with Gasteiger partial charge in [0.05, 0.1) is 39.9 Å².